The molecular weight excluding hydrogens is 728 g/mol. The number of hydrogen-bond acceptors (Lipinski definition) is 3. The standard InChI is InChI=1S/C54H89O3P/c1-5-9-13-17-21-25-30-36-50-40-44-53(45-41-50)58(57-52-38-32-29-33-39-52,55-48-34-27-23-19-15-11-7-3,56-49-35-28-24-20-16-12-8-4)54-46-42-51(43-47-54)37-31-26-22-18-14-10-6-2/h29,32-33,38-47H,5-28,30-31,34-37,48-49H2,1-4H3. The first-order valence-corrected chi connectivity index (χ1v) is 26.9. The fourth-order valence-corrected chi connectivity index (χ4v) is 12.3. The van der Waals surface area contributed by atoms with E-state index in [4.69, 9.17) is 13.6 Å². The molecule has 0 aliphatic carbocycles. The molecule has 4 heteroatoms. The molecule has 0 atom stereocenters. The number of rotatable bonds is 38. The van der Waals surface area contributed by atoms with Gasteiger partial charge in [0, 0.05) is 0 Å². The number of hydrogen-bond donors (Lipinski definition) is 0. The summed E-state index contributed by atoms with van der Waals surface area (Å²) in [6.45, 7) is 10.4. The van der Waals surface area contributed by atoms with E-state index in [1.807, 2.05) is 0 Å². The van der Waals surface area contributed by atoms with Gasteiger partial charge in [-0.05, 0) is 0 Å². The average Bonchev–Trinajstić information content (AvgIpc) is 3.25. The van der Waals surface area contributed by atoms with Crippen molar-refractivity contribution in [2.75, 3.05) is 13.2 Å². The minimum atomic E-state index is -4.19. The van der Waals surface area contributed by atoms with Gasteiger partial charge in [-0.15, -0.1) is 0 Å². The van der Waals surface area contributed by atoms with Crippen LogP contribution in [0.4, 0.5) is 0 Å². The van der Waals surface area contributed by atoms with E-state index in [0.29, 0.717) is 13.2 Å². The summed E-state index contributed by atoms with van der Waals surface area (Å²) in [5.41, 5.74) is 2.77. The van der Waals surface area contributed by atoms with Crippen molar-refractivity contribution in [1.29, 1.82) is 0 Å². The molecule has 0 radical (unpaired) electrons. The fraction of sp³-hybridized carbons (Fsp3) is 0.667. The summed E-state index contributed by atoms with van der Waals surface area (Å²) in [4.78, 5) is 0. The molecule has 0 heterocycles. The molecule has 58 heavy (non-hydrogen) atoms. The molecule has 0 aromatic heterocycles. The van der Waals surface area contributed by atoms with E-state index < -0.39 is 7.28 Å². The molecule has 0 spiro atoms. The number of para-hydroxylation sites is 1. The maximum absolute atomic E-state index is 7.54. The van der Waals surface area contributed by atoms with Crippen LogP contribution >= 0.6 is 7.28 Å². The van der Waals surface area contributed by atoms with Crippen LogP contribution in [-0.4, -0.2) is 13.2 Å². The Labute approximate surface area is 359 Å². The molecule has 3 rings (SSSR count). The zero-order chi connectivity index (χ0) is 41.3. The Hall–Kier alpha value is -2.19. The maximum atomic E-state index is 7.54. The summed E-state index contributed by atoms with van der Waals surface area (Å²) in [5.74, 6) is 0.804. The summed E-state index contributed by atoms with van der Waals surface area (Å²) < 4.78 is 22.6. The average molecular weight is 817 g/mol. The monoisotopic (exact) mass is 817 g/mol. The van der Waals surface area contributed by atoms with Gasteiger partial charge in [-0.25, -0.2) is 0 Å². The van der Waals surface area contributed by atoms with Crippen LogP contribution in [0.25, 0.3) is 0 Å². The van der Waals surface area contributed by atoms with Crippen LogP contribution in [0.15, 0.2) is 78.9 Å². The second kappa shape index (κ2) is 31.7. The van der Waals surface area contributed by atoms with Gasteiger partial charge in [0.1, 0.15) is 0 Å². The molecule has 0 aliphatic heterocycles. The first kappa shape index (κ1) is 50.2. The Morgan fingerprint density at radius 1 is 0.328 bits per heavy atom. The number of unbranched alkanes of at least 4 members (excludes halogenated alkanes) is 24. The molecule has 328 valence electrons. The van der Waals surface area contributed by atoms with Crippen molar-refractivity contribution in [2.24, 2.45) is 0 Å². The van der Waals surface area contributed by atoms with Gasteiger partial charge in [0.25, 0.3) is 0 Å². The van der Waals surface area contributed by atoms with Crippen LogP contribution in [-0.2, 0) is 21.9 Å². The molecule has 0 amide bonds. The van der Waals surface area contributed by atoms with E-state index in [1.165, 1.54) is 165 Å². The van der Waals surface area contributed by atoms with E-state index in [1.54, 1.807) is 0 Å². The summed E-state index contributed by atoms with van der Waals surface area (Å²) in [5, 5.41) is 2.09. The van der Waals surface area contributed by atoms with Gasteiger partial charge in [-0.1, -0.05) is 13.8 Å². The van der Waals surface area contributed by atoms with Gasteiger partial charge in [0.15, 0.2) is 0 Å². The van der Waals surface area contributed by atoms with Gasteiger partial charge < -0.3 is 0 Å². The molecule has 0 aliphatic rings. The van der Waals surface area contributed by atoms with Gasteiger partial charge in [-0.2, -0.15) is 0 Å². The van der Waals surface area contributed by atoms with Crippen molar-refractivity contribution in [3.8, 4) is 5.75 Å². The fourth-order valence-electron chi connectivity index (χ4n) is 8.31. The van der Waals surface area contributed by atoms with Crippen LogP contribution in [0.1, 0.15) is 219 Å². The minimum absolute atomic E-state index is 0.606. The Morgan fingerprint density at radius 3 is 0.983 bits per heavy atom. The van der Waals surface area contributed by atoms with Crippen LogP contribution in [0, 0.1) is 0 Å². The predicted octanol–water partition coefficient (Wildman–Crippen LogP) is 17.1. The molecule has 3 aromatic carbocycles. The van der Waals surface area contributed by atoms with Crippen LogP contribution in [0.5, 0.6) is 5.75 Å². The molecule has 0 fully saturated rings. The number of benzene rings is 3. The van der Waals surface area contributed by atoms with E-state index in [9.17, 15) is 0 Å². The molecular formula is C54H89O3P. The second-order valence-corrected chi connectivity index (χ2v) is 20.8. The first-order chi connectivity index (χ1) is 28.6. The summed E-state index contributed by atoms with van der Waals surface area (Å²) in [6.07, 6.45) is 38.0. The van der Waals surface area contributed by atoms with Crippen molar-refractivity contribution in [3.05, 3.63) is 90.0 Å². The zero-order valence-corrected chi connectivity index (χ0v) is 39.2. The van der Waals surface area contributed by atoms with E-state index >= 15 is 0 Å². The molecule has 0 N–H and O–H groups in total. The van der Waals surface area contributed by atoms with Crippen molar-refractivity contribution in [3.63, 3.8) is 0 Å². The quantitative estimate of drug-likeness (QED) is 0.0426. The molecule has 0 saturated heterocycles. The summed E-state index contributed by atoms with van der Waals surface area (Å²) in [6, 6.07) is 29.0. The van der Waals surface area contributed by atoms with Crippen molar-refractivity contribution < 1.29 is 13.6 Å². The van der Waals surface area contributed by atoms with Gasteiger partial charge >= 0.3 is 347 Å². The second-order valence-electron chi connectivity index (χ2n) is 17.3. The molecule has 0 saturated carbocycles. The molecule has 0 bridgehead atoms. The van der Waals surface area contributed by atoms with Crippen LogP contribution < -0.4 is 15.1 Å². The molecule has 3 aromatic rings. The van der Waals surface area contributed by atoms with Gasteiger partial charge in [0.05, 0.1) is 0 Å². The van der Waals surface area contributed by atoms with E-state index in [-0.39, 0.29) is 0 Å². The topological polar surface area (TPSA) is 27.7 Å². The first-order valence-electron chi connectivity index (χ1n) is 24.9. The predicted molar refractivity (Wildman–Crippen MR) is 257 cm³/mol. The third-order valence-electron chi connectivity index (χ3n) is 12.1. The Balaban J connectivity index is 1.99. The van der Waals surface area contributed by atoms with Crippen LogP contribution in [0.3, 0.4) is 0 Å². The Kier molecular flexibility index (Phi) is 27.4. The van der Waals surface area contributed by atoms with E-state index in [0.717, 1.165) is 54.9 Å². The third-order valence-corrected chi connectivity index (χ3v) is 16.3. The van der Waals surface area contributed by atoms with Crippen LogP contribution in [0.2, 0.25) is 0 Å². The zero-order valence-electron chi connectivity index (χ0n) is 38.3. The normalized spacial score (nSPS) is 12.4. The van der Waals surface area contributed by atoms with Gasteiger partial charge in [0.2, 0.25) is 0 Å². The Morgan fingerprint density at radius 2 is 0.638 bits per heavy atom. The summed E-state index contributed by atoms with van der Waals surface area (Å²) in [7, 11) is -4.19. The number of aryl methyl sites for hydroxylation is 2. The van der Waals surface area contributed by atoms with Crippen molar-refractivity contribution >= 4 is 17.9 Å². The Bertz CT molecular complexity index is 1290. The van der Waals surface area contributed by atoms with E-state index in [2.05, 4.69) is 107 Å². The molecule has 3 nitrogen and oxygen atoms in total. The van der Waals surface area contributed by atoms with Gasteiger partial charge in [-0.3, -0.25) is 0 Å². The van der Waals surface area contributed by atoms with Crippen molar-refractivity contribution in [2.45, 2.75) is 220 Å². The SMILES string of the molecule is CCCCCCCCCOP(OCCCCCCCCC)(Oc1ccccc1)(c1ccc(CCCCCCCCC)cc1)c1ccc(CCCCCCCCC)cc1. The van der Waals surface area contributed by atoms with Crippen molar-refractivity contribution in [1.82, 2.24) is 0 Å². The molecule has 0 unspecified atom stereocenters. The third kappa shape index (κ3) is 18.6. The summed E-state index contributed by atoms with van der Waals surface area (Å²) >= 11 is 0.